The predicted molar refractivity (Wildman–Crippen MR) is 289 cm³/mol. The van der Waals surface area contributed by atoms with E-state index in [2.05, 4.69) is 57.2 Å². The fourth-order valence-corrected chi connectivity index (χ4v) is 8.65. The number of carbonyl (C=O) groups excluding carboxylic acids is 3. The molecular formula is C61H112O6. The van der Waals surface area contributed by atoms with Gasteiger partial charge >= 0.3 is 17.9 Å². The smallest absolute Gasteiger partial charge is 0.306 e. The van der Waals surface area contributed by atoms with Crippen LogP contribution in [0.15, 0.2) is 36.5 Å². The van der Waals surface area contributed by atoms with E-state index in [0.717, 1.165) is 77.0 Å². The van der Waals surface area contributed by atoms with Crippen molar-refractivity contribution < 1.29 is 28.6 Å². The monoisotopic (exact) mass is 941 g/mol. The molecule has 0 aliphatic rings. The molecule has 0 aliphatic heterocycles. The van der Waals surface area contributed by atoms with Crippen LogP contribution in [0, 0.1) is 0 Å². The third kappa shape index (κ3) is 54.4. The van der Waals surface area contributed by atoms with E-state index in [1.165, 1.54) is 199 Å². The van der Waals surface area contributed by atoms with Crippen molar-refractivity contribution in [2.45, 2.75) is 322 Å². The Balaban J connectivity index is 4.36. The summed E-state index contributed by atoms with van der Waals surface area (Å²) in [6, 6.07) is 0. The van der Waals surface area contributed by atoms with Gasteiger partial charge in [-0.05, 0) is 77.0 Å². The van der Waals surface area contributed by atoms with Gasteiger partial charge in [0.05, 0.1) is 0 Å². The van der Waals surface area contributed by atoms with Crippen LogP contribution in [0.2, 0.25) is 0 Å². The molecule has 392 valence electrons. The van der Waals surface area contributed by atoms with Crippen molar-refractivity contribution in [1.29, 1.82) is 0 Å². The number of esters is 3. The Hall–Kier alpha value is -2.37. The van der Waals surface area contributed by atoms with Crippen LogP contribution in [0.1, 0.15) is 316 Å². The molecule has 0 aromatic rings. The fraction of sp³-hybridized carbons (Fsp3) is 0.852. The summed E-state index contributed by atoms with van der Waals surface area (Å²) in [5.74, 6) is -0.874. The fourth-order valence-electron chi connectivity index (χ4n) is 8.65. The summed E-state index contributed by atoms with van der Waals surface area (Å²) in [6.45, 7) is 6.64. The first-order valence-corrected chi connectivity index (χ1v) is 29.5. The summed E-state index contributed by atoms with van der Waals surface area (Å²) >= 11 is 0. The van der Waals surface area contributed by atoms with Crippen molar-refractivity contribution in [3.63, 3.8) is 0 Å². The number of hydrogen-bond acceptors (Lipinski definition) is 6. The summed E-state index contributed by atoms with van der Waals surface area (Å²) in [7, 11) is 0. The minimum absolute atomic E-state index is 0.0754. The highest BCUT2D eigenvalue weighted by atomic mass is 16.6. The van der Waals surface area contributed by atoms with Gasteiger partial charge < -0.3 is 14.2 Å². The molecule has 0 amide bonds. The maximum Gasteiger partial charge on any atom is 0.306 e. The van der Waals surface area contributed by atoms with Gasteiger partial charge in [-0.15, -0.1) is 0 Å². The van der Waals surface area contributed by atoms with Crippen LogP contribution in [-0.2, 0) is 28.6 Å². The van der Waals surface area contributed by atoms with E-state index in [4.69, 9.17) is 14.2 Å². The Bertz CT molecular complexity index is 1130. The first kappa shape index (κ1) is 64.6. The van der Waals surface area contributed by atoms with Gasteiger partial charge in [0.2, 0.25) is 0 Å². The van der Waals surface area contributed by atoms with Gasteiger partial charge in [-0.25, -0.2) is 0 Å². The van der Waals surface area contributed by atoms with Gasteiger partial charge in [0.1, 0.15) is 13.2 Å². The van der Waals surface area contributed by atoms with Crippen LogP contribution < -0.4 is 0 Å². The van der Waals surface area contributed by atoms with Crippen molar-refractivity contribution in [2.24, 2.45) is 0 Å². The zero-order chi connectivity index (χ0) is 48.6. The Morgan fingerprint density at radius 1 is 0.299 bits per heavy atom. The van der Waals surface area contributed by atoms with Gasteiger partial charge in [-0.1, -0.05) is 256 Å². The number of ether oxygens (including phenoxy) is 3. The highest BCUT2D eigenvalue weighted by Gasteiger charge is 2.19. The van der Waals surface area contributed by atoms with E-state index in [0.29, 0.717) is 19.3 Å². The second kappa shape index (κ2) is 56.2. The molecule has 0 radical (unpaired) electrons. The molecule has 6 nitrogen and oxygen atoms in total. The average Bonchev–Trinajstić information content (AvgIpc) is 3.33. The number of hydrogen-bond donors (Lipinski definition) is 0. The molecule has 0 N–H and O–H groups in total. The lowest BCUT2D eigenvalue weighted by atomic mass is 10.0. The highest BCUT2D eigenvalue weighted by molar-refractivity contribution is 5.71. The molecule has 0 aromatic carbocycles. The van der Waals surface area contributed by atoms with Gasteiger partial charge in [0.15, 0.2) is 6.10 Å². The molecule has 0 unspecified atom stereocenters. The van der Waals surface area contributed by atoms with Gasteiger partial charge in [0, 0.05) is 19.3 Å². The Morgan fingerprint density at radius 2 is 0.537 bits per heavy atom. The molecule has 0 saturated heterocycles. The molecule has 0 aromatic heterocycles. The van der Waals surface area contributed by atoms with Crippen molar-refractivity contribution in [3.05, 3.63) is 36.5 Å². The molecular weight excluding hydrogens is 829 g/mol. The van der Waals surface area contributed by atoms with E-state index in [9.17, 15) is 14.4 Å². The largest absolute Gasteiger partial charge is 0.462 e. The van der Waals surface area contributed by atoms with E-state index in [1.807, 2.05) is 0 Å². The first-order chi connectivity index (χ1) is 33.0. The normalized spacial score (nSPS) is 12.2. The van der Waals surface area contributed by atoms with Crippen molar-refractivity contribution >= 4 is 17.9 Å². The molecule has 0 bridgehead atoms. The minimum Gasteiger partial charge on any atom is -0.462 e. The second-order valence-corrected chi connectivity index (χ2v) is 19.9. The molecule has 0 saturated carbocycles. The Kier molecular flexibility index (Phi) is 54.2. The third-order valence-corrected chi connectivity index (χ3v) is 13.1. The zero-order valence-electron chi connectivity index (χ0n) is 44.9. The topological polar surface area (TPSA) is 78.9 Å². The van der Waals surface area contributed by atoms with Crippen molar-refractivity contribution in [2.75, 3.05) is 13.2 Å². The second-order valence-electron chi connectivity index (χ2n) is 19.9. The van der Waals surface area contributed by atoms with Crippen LogP contribution in [0.25, 0.3) is 0 Å². The lowest BCUT2D eigenvalue weighted by Crippen LogP contribution is -2.30. The van der Waals surface area contributed by atoms with Crippen molar-refractivity contribution in [1.82, 2.24) is 0 Å². The maximum absolute atomic E-state index is 12.9. The third-order valence-electron chi connectivity index (χ3n) is 13.1. The van der Waals surface area contributed by atoms with E-state index < -0.39 is 6.10 Å². The van der Waals surface area contributed by atoms with Crippen LogP contribution in [0.5, 0.6) is 0 Å². The predicted octanol–water partition coefficient (Wildman–Crippen LogP) is 19.7. The Morgan fingerprint density at radius 3 is 0.866 bits per heavy atom. The molecule has 1 atom stereocenters. The summed E-state index contributed by atoms with van der Waals surface area (Å²) in [6.07, 6.45) is 67.0. The number of rotatable bonds is 54. The Labute approximate surface area is 416 Å². The summed E-state index contributed by atoms with van der Waals surface area (Å²) < 4.78 is 16.9. The number of allylic oxidation sites excluding steroid dienone is 6. The van der Waals surface area contributed by atoms with Gasteiger partial charge in [-0.2, -0.15) is 0 Å². The molecule has 67 heavy (non-hydrogen) atoms. The van der Waals surface area contributed by atoms with Crippen LogP contribution in [0.4, 0.5) is 0 Å². The van der Waals surface area contributed by atoms with E-state index in [1.54, 1.807) is 0 Å². The molecule has 6 heteroatoms. The van der Waals surface area contributed by atoms with Crippen LogP contribution >= 0.6 is 0 Å². The molecule has 0 aliphatic carbocycles. The van der Waals surface area contributed by atoms with E-state index >= 15 is 0 Å². The summed E-state index contributed by atoms with van der Waals surface area (Å²) in [4.78, 5) is 38.2. The summed E-state index contributed by atoms with van der Waals surface area (Å²) in [5.41, 5.74) is 0. The maximum atomic E-state index is 12.9. The number of unbranched alkanes of at least 4 members (excludes halogenated alkanes) is 37. The quantitative estimate of drug-likeness (QED) is 0.0262. The van der Waals surface area contributed by atoms with Gasteiger partial charge in [-0.3, -0.25) is 14.4 Å². The SMILES string of the molecule is CCCCC/C=C\C/C=C\CCCCCCCC(=O)OC[C@@H](COC(=O)CCCCCCCCC/C=C\CCCCCCCC)OC(=O)CCCCCCCCCCCCCCCCCCC. The lowest BCUT2D eigenvalue weighted by molar-refractivity contribution is -0.167. The first-order valence-electron chi connectivity index (χ1n) is 29.5. The van der Waals surface area contributed by atoms with E-state index in [-0.39, 0.29) is 31.1 Å². The average molecular weight is 942 g/mol. The van der Waals surface area contributed by atoms with Gasteiger partial charge in [0.25, 0.3) is 0 Å². The highest BCUT2D eigenvalue weighted by Crippen LogP contribution is 2.16. The van der Waals surface area contributed by atoms with Crippen LogP contribution in [-0.4, -0.2) is 37.2 Å². The zero-order valence-corrected chi connectivity index (χ0v) is 44.9. The minimum atomic E-state index is -0.777. The standard InChI is InChI=1S/C61H112O6/c1-4-7-10-13-16-19-22-25-28-30-33-36-39-42-45-48-51-54-60(63)66-57-58(56-65-59(62)53-50-47-44-41-38-35-32-27-24-21-18-15-12-9-6-3)67-61(64)55-52-49-46-43-40-37-34-31-29-26-23-20-17-14-11-8-5-2/h18,21,25,27-28,32,58H,4-17,19-20,22-24,26,29-31,33-57H2,1-3H3/b21-18-,28-25-,32-27-/t58-/m0/s1. The lowest BCUT2D eigenvalue weighted by Gasteiger charge is -2.18. The summed E-state index contributed by atoms with van der Waals surface area (Å²) in [5, 5.41) is 0. The number of carbonyl (C=O) groups is 3. The molecule has 0 fully saturated rings. The molecule has 0 heterocycles. The van der Waals surface area contributed by atoms with Crippen molar-refractivity contribution in [3.8, 4) is 0 Å². The van der Waals surface area contributed by atoms with Crippen LogP contribution in [0.3, 0.4) is 0 Å². The molecule has 0 spiro atoms. The molecule has 0 rings (SSSR count).